The average molecular weight is 366 g/mol. The number of rotatable bonds is 3. The molecule has 1 aliphatic carbocycles. The molecule has 6 nitrogen and oxygen atoms in total. The zero-order valence-corrected chi connectivity index (χ0v) is 14.4. The number of nitrogens with zero attached hydrogens (tertiary/aromatic N) is 4. The van der Waals surface area contributed by atoms with Crippen LogP contribution in [-0.4, -0.2) is 19.9 Å². The first-order valence-electron chi connectivity index (χ1n) is 7.58. The lowest BCUT2D eigenvalue weighted by molar-refractivity contribution is 0.372. The second kappa shape index (κ2) is 6.55. The van der Waals surface area contributed by atoms with Gasteiger partial charge in [-0.1, -0.05) is 35.7 Å². The fraction of sp³-hybridized carbons (Fsp3) is 0.312. The van der Waals surface area contributed by atoms with Gasteiger partial charge in [0.15, 0.2) is 5.82 Å². The van der Waals surface area contributed by atoms with Crippen molar-refractivity contribution in [2.45, 2.75) is 31.2 Å². The summed E-state index contributed by atoms with van der Waals surface area (Å²) in [4.78, 5) is 4.48. The van der Waals surface area contributed by atoms with E-state index in [-0.39, 0.29) is 12.4 Å². The molecule has 0 atom stereocenters. The highest BCUT2D eigenvalue weighted by molar-refractivity contribution is 6.30. The van der Waals surface area contributed by atoms with Gasteiger partial charge in [0.2, 0.25) is 0 Å². The highest BCUT2D eigenvalue weighted by atomic mass is 35.5. The molecule has 2 aromatic heterocycles. The van der Waals surface area contributed by atoms with Gasteiger partial charge in [-0.25, -0.2) is 4.68 Å². The zero-order chi connectivity index (χ0) is 15.9. The molecule has 0 aliphatic heterocycles. The Labute approximate surface area is 150 Å². The van der Waals surface area contributed by atoms with E-state index in [1.165, 1.54) is 0 Å². The van der Waals surface area contributed by atoms with Crippen molar-refractivity contribution in [3.05, 3.63) is 47.5 Å². The van der Waals surface area contributed by atoms with Crippen molar-refractivity contribution < 1.29 is 4.52 Å². The van der Waals surface area contributed by atoms with Gasteiger partial charge in [0.1, 0.15) is 0 Å². The molecule has 3 aromatic rings. The molecule has 126 valence electrons. The Morgan fingerprint density at radius 2 is 2.04 bits per heavy atom. The topological polar surface area (TPSA) is 82.8 Å². The number of halogens is 2. The Hall–Kier alpha value is -1.89. The van der Waals surface area contributed by atoms with Crippen LogP contribution >= 0.6 is 24.0 Å². The summed E-state index contributed by atoms with van der Waals surface area (Å²) in [5.41, 5.74) is 7.54. The smallest absolute Gasteiger partial charge is 0.261 e. The zero-order valence-electron chi connectivity index (χ0n) is 12.9. The van der Waals surface area contributed by atoms with Gasteiger partial charge in [-0.15, -0.1) is 12.4 Å². The summed E-state index contributed by atoms with van der Waals surface area (Å²) in [6.07, 6.45) is 7.53. The molecule has 0 spiro atoms. The highest BCUT2D eigenvalue weighted by Crippen LogP contribution is 2.35. The minimum atomic E-state index is -0.454. The highest BCUT2D eigenvalue weighted by Gasteiger charge is 2.36. The minimum Gasteiger partial charge on any atom is -0.334 e. The summed E-state index contributed by atoms with van der Waals surface area (Å²) in [5, 5.41) is 9.06. The number of benzene rings is 1. The van der Waals surface area contributed by atoms with Crippen LogP contribution in [0, 0.1) is 0 Å². The Morgan fingerprint density at radius 3 is 2.79 bits per heavy atom. The van der Waals surface area contributed by atoms with Crippen molar-refractivity contribution in [1.29, 1.82) is 0 Å². The molecule has 1 saturated carbocycles. The summed E-state index contributed by atoms with van der Waals surface area (Å²) in [5.74, 6) is 1.02. The van der Waals surface area contributed by atoms with Crippen LogP contribution < -0.4 is 5.73 Å². The first-order valence-corrected chi connectivity index (χ1v) is 7.96. The first-order chi connectivity index (χ1) is 11.1. The maximum absolute atomic E-state index is 6.36. The predicted molar refractivity (Wildman–Crippen MR) is 93.4 cm³/mol. The van der Waals surface area contributed by atoms with E-state index in [2.05, 4.69) is 15.2 Å². The molecule has 1 fully saturated rings. The average Bonchev–Trinajstić information content (AvgIpc) is 3.27. The number of nitrogens with two attached hydrogens (primary N) is 1. The molecule has 2 heterocycles. The molecule has 24 heavy (non-hydrogen) atoms. The fourth-order valence-electron chi connectivity index (χ4n) is 2.97. The number of hydrogen-bond acceptors (Lipinski definition) is 5. The standard InChI is InChI=1S/C16H16ClN5O.ClH/c17-12-4-3-5-13(8-12)22-10-11(9-19-22)14-20-15(21-23-14)16(18)6-1-2-7-16;/h3-5,8-10H,1-2,6-7,18H2;1H. The third-order valence-corrected chi connectivity index (χ3v) is 4.50. The van der Waals surface area contributed by atoms with Crippen molar-refractivity contribution in [3.8, 4) is 17.1 Å². The van der Waals surface area contributed by atoms with E-state index in [1.807, 2.05) is 30.5 Å². The van der Waals surface area contributed by atoms with E-state index in [1.54, 1.807) is 10.9 Å². The van der Waals surface area contributed by atoms with Gasteiger partial charge in [0, 0.05) is 11.2 Å². The molecule has 2 N–H and O–H groups in total. The normalized spacial score (nSPS) is 16.1. The Bertz CT molecular complexity index is 838. The van der Waals surface area contributed by atoms with Gasteiger partial charge in [0.05, 0.1) is 23.0 Å². The third kappa shape index (κ3) is 3.05. The minimum absolute atomic E-state index is 0. The Balaban J connectivity index is 0.00000169. The molecule has 0 unspecified atom stereocenters. The van der Waals surface area contributed by atoms with Crippen molar-refractivity contribution >= 4 is 24.0 Å². The molecule has 1 aromatic carbocycles. The van der Waals surface area contributed by atoms with Gasteiger partial charge in [0.25, 0.3) is 5.89 Å². The Kier molecular flexibility index (Phi) is 4.62. The van der Waals surface area contributed by atoms with Gasteiger partial charge in [-0.2, -0.15) is 10.1 Å². The monoisotopic (exact) mass is 365 g/mol. The van der Waals surface area contributed by atoms with Crippen LogP contribution in [0.15, 0.2) is 41.2 Å². The molecule has 0 amide bonds. The second-order valence-electron chi connectivity index (χ2n) is 5.94. The lowest BCUT2D eigenvalue weighted by atomic mass is 9.99. The molecule has 8 heteroatoms. The van der Waals surface area contributed by atoms with Crippen LogP contribution in [-0.2, 0) is 5.54 Å². The maximum Gasteiger partial charge on any atom is 0.261 e. The summed E-state index contributed by atoms with van der Waals surface area (Å²) >= 11 is 6.01. The quantitative estimate of drug-likeness (QED) is 0.764. The SMILES string of the molecule is Cl.NC1(c2noc(-c3cnn(-c4cccc(Cl)c4)c3)n2)CCCC1. The van der Waals surface area contributed by atoms with Gasteiger partial charge >= 0.3 is 0 Å². The fourth-order valence-corrected chi connectivity index (χ4v) is 3.15. The largest absolute Gasteiger partial charge is 0.334 e. The summed E-state index contributed by atoms with van der Waals surface area (Å²) in [6, 6.07) is 7.46. The Morgan fingerprint density at radius 1 is 1.25 bits per heavy atom. The van der Waals surface area contributed by atoms with Crippen LogP contribution in [0.3, 0.4) is 0 Å². The van der Waals surface area contributed by atoms with Gasteiger partial charge in [-0.05, 0) is 31.0 Å². The van der Waals surface area contributed by atoms with Crippen molar-refractivity contribution in [2.75, 3.05) is 0 Å². The van der Waals surface area contributed by atoms with Crippen LogP contribution in [0.25, 0.3) is 17.1 Å². The number of hydrogen-bond donors (Lipinski definition) is 1. The van der Waals surface area contributed by atoms with E-state index >= 15 is 0 Å². The maximum atomic E-state index is 6.36. The van der Waals surface area contributed by atoms with Crippen LogP contribution in [0.5, 0.6) is 0 Å². The first kappa shape index (κ1) is 17.0. The van der Waals surface area contributed by atoms with E-state index < -0.39 is 5.54 Å². The molecular formula is C16H17Cl2N5O. The predicted octanol–water partition coefficient (Wildman–Crippen LogP) is 3.73. The summed E-state index contributed by atoms with van der Waals surface area (Å²) in [6.45, 7) is 0. The van der Waals surface area contributed by atoms with Crippen LogP contribution in [0.2, 0.25) is 5.02 Å². The van der Waals surface area contributed by atoms with E-state index in [4.69, 9.17) is 21.9 Å². The van der Waals surface area contributed by atoms with E-state index in [0.717, 1.165) is 36.9 Å². The summed E-state index contributed by atoms with van der Waals surface area (Å²) in [7, 11) is 0. The molecule has 4 rings (SSSR count). The van der Waals surface area contributed by atoms with E-state index in [9.17, 15) is 0 Å². The van der Waals surface area contributed by atoms with Crippen molar-refractivity contribution in [3.63, 3.8) is 0 Å². The van der Waals surface area contributed by atoms with Gasteiger partial charge < -0.3 is 10.3 Å². The molecule has 0 saturated heterocycles. The van der Waals surface area contributed by atoms with Crippen LogP contribution in [0.1, 0.15) is 31.5 Å². The molecule has 1 aliphatic rings. The van der Waals surface area contributed by atoms with Crippen molar-refractivity contribution in [2.24, 2.45) is 5.73 Å². The molecular weight excluding hydrogens is 349 g/mol. The lowest BCUT2D eigenvalue weighted by Crippen LogP contribution is -2.34. The number of aromatic nitrogens is 4. The lowest BCUT2D eigenvalue weighted by Gasteiger charge is -2.17. The summed E-state index contributed by atoms with van der Waals surface area (Å²) < 4.78 is 7.10. The third-order valence-electron chi connectivity index (χ3n) is 4.27. The molecule has 0 radical (unpaired) electrons. The van der Waals surface area contributed by atoms with Crippen molar-refractivity contribution in [1.82, 2.24) is 19.9 Å². The van der Waals surface area contributed by atoms with Gasteiger partial charge in [-0.3, -0.25) is 0 Å². The molecule has 0 bridgehead atoms. The second-order valence-corrected chi connectivity index (χ2v) is 6.38. The van der Waals surface area contributed by atoms with E-state index in [0.29, 0.717) is 16.7 Å². The van der Waals surface area contributed by atoms with Crippen LogP contribution in [0.4, 0.5) is 0 Å².